The number of nitrogens with zero attached hydrogens (tertiary/aromatic N) is 1. The maximum atomic E-state index is 12.1. The Morgan fingerprint density at radius 2 is 1.96 bits per heavy atom. The van der Waals surface area contributed by atoms with Crippen molar-refractivity contribution in [1.82, 2.24) is 10.3 Å². The molecule has 0 radical (unpaired) electrons. The second-order valence-corrected chi connectivity index (χ2v) is 6.46. The molecule has 0 aliphatic heterocycles. The molecule has 1 heterocycles. The lowest BCUT2D eigenvalue weighted by atomic mass is 9.90. The third-order valence-corrected chi connectivity index (χ3v) is 4.62. The van der Waals surface area contributed by atoms with E-state index < -0.39 is 0 Å². The molecule has 1 aromatic heterocycles. The van der Waals surface area contributed by atoms with Crippen LogP contribution in [-0.4, -0.2) is 23.0 Å². The number of carbonyl (C=O) groups excluding carboxylic acids is 1. The van der Waals surface area contributed by atoms with Gasteiger partial charge in [0.15, 0.2) is 5.13 Å². The summed E-state index contributed by atoms with van der Waals surface area (Å²) in [6, 6.07) is 9.88. The van der Waals surface area contributed by atoms with Crippen molar-refractivity contribution in [3.63, 3.8) is 0 Å². The summed E-state index contributed by atoms with van der Waals surface area (Å²) in [4.78, 5) is 16.4. The average molecular weight is 325 g/mol. The van der Waals surface area contributed by atoms with E-state index in [9.17, 15) is 4.79 Å². The van der Waals surface area contributed by atoms with E-state index in [0.717, 1.165) is 30.0 Å². The molecule has 1 fully saturated rings. The van der Waals surface area contributed by atoms with Gasteiger partial charge in [-0.05, 0) is 25.0 Å². The van der Waals surface area contributed by atoms with Crippen LogP contribution in [0.3, 0.4) is 0 Å². The van der Waals surface area contributed by atoms with E-state index >= 15 is 0 Å². The van der Waals surface area contributed by atoms with Gasteiger partial charge in [0.25, 0.3) is 5.91 Å². The molecule has 0 spiro atoms. The first-order valence-electron chi connectivity index (χ1n) is 7.85. The molecule has 1 saturated carbocycles. The first-order valence-corrected chi connectivity index (χ1v) is 8.73. The highest BCUT2D eigenvalue weighted by Crippen LogP contribution is 2.23. The van der Waals surface area contributed by atoms with Gasteiger partial charge in [0.05, 0.1) is 0 Å². The fraction of sp³-hybridized carbons (Fsp3) is 0.333. The molecule has 118 valence electrons. The van der Waals surface area contributed by atoms with Crippen LogP contribution < -0.4 is 10.6 Å². The van der Waals surface area contributed by atoms with E-state index in [-0.39, 0.29) is 18.0 Å². The molecule has 3 rings (SSSR count). The highest BCUT2D eigenvalue weighted by atomic mass is 32.1. The summed E-state index contributed by atoms with van der Waals surface area (Å²) in [6.45, 7) is 0. The lowest BCUT2D eigenvalue weighted by Crippen LogP contribution is -2.48. The Kier molecular flexibility index (Phi) is 5.28. The van der Waals surface area contributed by atoms with E-state index in [4.69, 9.17) is 0 Å². The molecule has 1 aromatic carbocycles. The number of benzene rings is 1. The van der Waals surface area contributed by atoms with Gasteiger partial charge in [-0.25, -0.2) is 4.98 Å². The van der Waals surface area contributed by atoms with Crippen molar-refractivity contribution < 1.29 is 4.79 Å². The van der Waals surface area contributed by atoms with Crippen LogP contribution in [0.25, 0.3) is 0 Å². The Balaban J connectivity index is 1.60. The minimum atomic E-state index is -0.216. The maximum absolute atomic E-state index is 12.1. The van der Waals surface area contributed by atoms with Gasteiger partial charge in [-0.1, -0.05) is 37.0 Å². The van der Waals surface area contributed by atoms with Gasteiger partial charge in [0.1, 0.15) is 0 Å². The Labute approximate surface area is 140 Å². The number of hydrogen-bond acceptors (Lipinski definition) is 4. The lowest BCUT2D eigenvalue weighted by Gasteiger charge is -2.32. The molecule has 2 aromatic rings. The number of amides is 1. The summed E-state index contributed by atoms with van der Waals surface area (Å²) in [6.07, 6.45) is 6.10. The molecule has 2 N–H and O–H groups in total. The third kappa shape index (κ3) is 4.57. The van der Waals surface area contributed by atoms with E-state index in [2.05, 4.69) is 27.5 Å². The van der Waals surface area contributed by atoms with Gasteiger partial charge in [-0.2, -0.15) is 0 Å². The number of nitrogens with one attached hydrogen (secondary N) is 2. The van der Waals surface area contributed by atoms with E-state index in [1.165, 1.54) is 6.42 Å². The SMILES string of the molecule is O=C(C#Cc1ccccc1)NC1CCCCC1Nc1nccs1. The minimum absolute atomic E-state index is 0.102. The highest BCUT2D eigenvalue weighted by Gasteiger charge is 2.26. The molecule has 5 heteroatoms. The molecular weight excluding hydrogens is 306 g/mol. The van der Waals surface area contributed by atoms with Crippen LogP contribution in [0, 0.1) is 11.8 Å². The third-order valence-electron chi connectivity index (χ3n) is 3.92. The molecule has 1 amide bonds. The van der Waals surface area contributed by atoms with E-state index in [0.29, 0.717) is 0 Å². The number of carbonyl (C=O) groups is 1. The number of rotatable bonds is 3. The quantitative estimate of drug-likeness (QED) is 0.853. The first kappa shape index (κ1) is 15.6. The van der Waals surface area contributed by atoms with Gasteiger partial charge in [-0.3, -0.25) is 4.79 Å². The van der Waals surface area contributed by atoms with Crippen molar-refractivity contribution in [2.75, 3.05) is 5.32 Å². The van der Waals surface area contributed by atoms with Crippen LogP contribution in [0.4, 0.5) is 5.13 Å². The van der Waals surface area contributed by atoms with Crippen molar-refractivity contribution in [3.8, 4) is 11.8 Å². The van der Waals surface area contributed by atoms with Crippen LogP contribution in [0.5, 0.6) is 0 Å². The molecule has 1 aliphatic carbocycles. The zero-order chi connectivity index (χ0) is 15.9. The van der Waals surface area contributed by atoms with Crippen molar-refractivity contribution in [2.24, 2.45) is 0 Å². The van der Waals surface area contributed by atoms with Crippen LogP contribution >= 0.6 is 11.3 Å². The van der Waals surface area contributed by atoms with Crippen LogP contribution in [0.2, 0.25) is 0 Å². The van der Waals surface area contributed by atoms with Gasteiger partial charge >= 0.3 is 0 Å². The predicted molar refractivity (Wildman–Crippen MR) is 93.2 cm³/mol. The Morgan fingerprint density at radius 1 is 1.17 bits per heavy atom. The maximum Gasteiger partial charge on any atom is 0.296 e. The number of anilines is 1. The van der Waals surface area contributed by atoms with E-state index in [1.54, 1.807) is 17.5 Å². The van der Waals surface area contributed by atoms with Crippen molar-refractivity contribution in [3.05, 3.63) is 47.5 Å². The van der Waals surface area contributed by atoms with Gasteiger partial charge in [0, 0.05) is 35.1 Å². The topological polar surface area (TPSA) is 54.0 Å². The van der Waals surface area contributed by atoms with Gasteiger partial charge < -0.3 is 10.6 Å². The fourth-order valence-corrected chi connectivity index (χ4v) is 3.38. The van der Waals surface area contributed by atoms with Crippen molar-refractivity contribution in [1.29, 1.82) is 0 Å². The average Bonchev–Trinajstić information content (AvgIpc) is 3.09. The Morgan fingerprint density at radius 3 is 2.70 bits per heavy atom. The monoisotopic (exact) mass is 325 g/mol. The Bertz CT molecular complexity index is 688. The van der Waals surface area contributed by atoms with Crippen LogP contribution in [-0.2, 0) is 4.79 Å². The van der Waals surface area contributed by atoms with Crippen LogP contribution in [0.15, 0.2) is 41.9 Å². The second-order valence-electron chi connectivity index (χ2n) is 5.57. The normalized spacial score (nSPS) is 20.2. The summed E-state index contributed by atoms with van der Waals surface area (Å²) in [5.74, 6) is 5.37. The van der Waals surface area contributed by atoms with Crippen LogP contribution in [0.1, 0.15) is 31.2 Å². The molecular formula is C18H19N3OS. The fourth-order valence-electron chi connectivity index (χ4n) is 2.78. The highest BCUT2D eigenvalue weighted by molar-refractivity contribution is 7.13. The second kappa shape index (κ2) is 7.80. The first-order chi connectivity index (χ1) is 11.3. The number of aromatic nitrogens is 1. The standard InChI is InChI=1S/C18H19N3OS/c22-17(11-10-14-6-2-1-3-7-14)20-15-8-4-5-9-16(15)21-18-19-12-13-23-18/h1-3,6-7,12-13,15-16H,4-5,8-9H2,(H,19,21)(H,20,22). The number of thiazole rings is 1. The zero-order valence-corrected chi connectivity index (χ0v) is 13.6. The molecule has 1 aliphatic rings. The molecule has 0 saturated heterocycles. The minimum Gasteiger partial charge on any atom is -0.357 e. The summed E-state index contributed by atoms with van der Waals surface area (Å²) in [5, 5.41) is 9.35. The summed E-state index contributed by atoms with van der Waals surface area (Å²) in [7, 11) is 0. The smallest absolute Gasteiger partial charge is 0.296 e. The predicted octanol–water partition coefficient (Wildman–Crippen LogP) is 3.03. The molecule has 4 nitrogen and oxygen atoms in total. The summed E-state index contributed by atoms with van der Waals surface area (Å²) in [5.41, 5.74) is 0.851. The molecule has 23 heavy (non-hydrogen) atoms. The van der Waals surface area contributed by atoms with Gasteiger partial charge in [-0.15, -0.1) is 11.3 Å². The Hall–Kier alpha value is -2.32. The molecule has 2 atom stereocenters. The zero-order valence-electron chi connectivity index (χ0n) is 12.8. The summed E-state index contributed by atoms with van der Waals surface area (Å²) < 4.78 is 0. The molecule has 0 bridgehead atoms. The summed E-state index contributed by atoms with van der Waals surface area (Å²) >= 11 is 1.58. The van der Waals surface area contributed by atoms with Crippen molar-refractivity contribution in [2.45, 2.75) is 37.8 Å². The largest absolute Gasteiger partial charge is 0.357 e. The van der Waals surface area contributed by atoms with Crippen molar-refractivity contribution >= 4 is 22.4 Å². The molecule has 2 unspecified atom stereocenters. The van der Waals surface area contributed by atoms with Gasteiger partial charge in [0.2, 0.25) is 0 Å². The van der Waals surface area contributed by atoms with E-state index in [1.807, 2.05) is 35.7 Å². The number of hydrogen-bond donors (Lipinski definition) is 2. The lowest BCUT2D eigenvalue weighted by molar-refractivity contribution is -0.116.